The summed E-state index contributed by atoms with van der Waals surface area (Å²) >= 11 is 5.85. The van der Waals surface area contributed by atoms with Gasteiger partial charge >= 0.3 is 0 Å². The first kappa shape index (κ1) is 13.7. The summed E-state index contributed by atoms with van der Waals surface area (Å²) in [6.07, 6.45) is 4.94. The predicted octanol–water partition coefficient (Wildman–Crippen LogP) is 1.32. The van der Waals surface area contributed by atoms with E-state index in [1.54, 1.807) is 0 Å². The van der Waals surface area contributed by atoms with Gasteiger partial charge in [0.15, 0.2) is 0 Å². The van der Waals surface area contributed by atoms with Crippen molar-refractivity contribution in [3.63, 3.8) is 0 Å². The summed E-state index contributed by atoms with van der Waals surface area (Å²) in [6.45, 7) is 0. The van der Waals surface area contributed by atoms with E-state index < -0.39 is 16.1 Å². The maximum Gasteiger partial charge on any atom is 0.243 e. The predicted molar refractivity (Wildman–Crippen MR) is 67.8 cm³/mol. The van der Waals surface area contributed by atoms with Crippen molar-refractivity contribution < 1.29 is 13.5 Å². The summed E-state index contributed by atoms with van der Waals surface area (Å²) in [5.41, 5.74) is 0. The summed E-state index contributed by atoms with van der Waals surface area (Å²) < 4.78 is 26.8. The topological polar surface area (TPSA) is 79.3 Å². The molecule has 0 aliphatic heterocycles. The van der Waals surface area contributed by atoms with Crippen molar-refractivity contribution >= 4 is 21.6 Å². The standard InChI is InChI=1S/C11H15ClN2O3S/c12-10-4-5-13-7-11(10)18(16,17)14-8-2-1-3-9(15)6-8/h4-5,7-9,14-15H,1-3,6H2. The number of aliphatic hydroxyl groups is 1. The maximum atomic E-state index is 12.1. The molecule has 0 saturated heterocycles. The van der Waals surface area contributed by atoms with Crippen LogP contribution < -0.4 is 4.72 Å². The van der Waals surface area contributed by atoms with Crippen LogP contribution in [0.25, 0.3) is 0 Å². The minimum atomic E-state index is -3.67. The fourth-order valence-corrected chi connectivity index (χ4v) is 3.83. The SMILES string of the molecule is O=S(=O)(NC1CCCC(O)C1)c1cnccc1Cl. The molecule has 1 saturated carbocycles. The Morgan fingerprint density at radius 2 is 2.22 bits per heavy atom. The molecule has 18 heavy (non-hydrogen) atoms. The first-order valence-corrected chi connectivity index (χ1v) is 7.65. The molecule has 0 spiro atoms. The van der Waals surface area contributed by atoms with Gasteiger partial charge in [0.2, 0.25) is 10.0 Å². The van der Waals surface area contributed by atoms with Crippen LogP contribution in [0.2, 0.25) is 5.02 Å². The number of hydrogen-bond donors (Lipinski definition) is 2. The first-order chi connectivity index (χ1) is 8.49. The number of pyridine rings is 1. The highest BCUT2D eigenvalue weighted by Gasteiger charge is 2.26. The van der Waals surface area contributed by atoms with E-state index in [4.69, 9.17) is 11.6 Å². The van der Waals surface area contributed by atoms with Gasteiger partial charge in [-0.05, 0) is 31.7 Å². The third-order valence-corrected chi connectivity index (χ3v) is 4.98. The fourth-order valence-electron chi connectivity index (χ4n) is 2.11. The van der Waals surface area contributed by atoms with E-state index in [1.807, 2.05) is 0 Å². The van der Waals surface area contributed by atoms with Crippen LogP contribution >= 0.6 is 11.6 Å². The summed E-state index contributed by atoms with van der Waals surface area (Å²) in [5.74, 6) is 0. The Kier molecular flexibility index (Phi) is 4.21. The molecule has 1 fully saturated rings. The van der Waals surface area contributed by atoms with E-state index in [-0.39, 0.29) is 16.0 Å². The second-order valence-electron chi connectivity index (χ2n) is 4.44. The number of rotatable bonds is 3. The molecule has 100 valence electrons. The van der Waals surface area contributed by atoms with Gasteiger partial charge in [-0.1, -0.05) is 11.6 Å². The van der Waals surface area contributed by atoms with E-state index in [2.05, 4.69) is 9.71 Å². The molecule has 1 heterocycles. The number of nitrogens with zero attached hydrogens (tertiary/aromatic N) is 1. The number of hydrogen-bond acceptors (Lipinski definition) is 4. The minimum absolute atomic E-state index is 0.0215. The quantitative estimate of drug-likeness (QED) is 0.880. The van der Waals surface area contributed by atoms with Gasteiger partial charge in [-0.2, -0.15) is 0 Å². The lowest BCUT2D eigenvalue weighted by atomic mass is 9.94. The number of halogens is 1. The highest BCUT2D eigenvalue weighted by Crippen LogP contribution is 2.23. The minimum Gasteiger partial charge on any atom is -0.393 e. The molecule has 7 heteroatoms. The maximum absolute atomic E-state index is 12.1. The van der Waals surface area contributed by atoms with Crippen molar-refractivity contribution in [3.05, 3.63) is 23.5 Å². The molecule has 0 bridgehead atoms. The van der Waals surface area contributed by atoms with Gasteiger partial charge in [0, 0.05) is 18.4 Å². The molecular weight excluding hydrogens is 276 g/mol. The van der Waals surface area contributed by atoms with E-state index in [0.717, 1.165) is 19.3 Å². The van der Waals surface area contributed by atoms with Gasteiger partial charge in [0.05, 0.1) is 11.1 Å². The average Bonchev–Trinajstić information content (AvgIpc) is 2.28. The molecule has 1 aromatic heterocycles. The van der Waals surface area contributed by atoms with Crippen LogP contribution in [-0.4, -0.2) is 30.7 Å². The largest absolute Gasteiger partial charge is 0.393 e. The van der Waals surface area contributed by atoms with Crippen LogP contribution in [0, 0.1) is 0 Å². The molecule has 1 aliphatic carbocycles. The Hall–Kier alpha value is -0.690. The van der Waals surface area contributed by atoms with Crippen molar-refractivity contribution in [2.75, 3.05) is 0 Å². The zero-order valence-electron chi connectivity index (χ0n) is 9.71. The summed E-state index contributed by atoms with van der Waals surface area (Å²) in [7, 11) is -3.67. The molecule has 2 N–H and O–H groups in total. The van der Waals surface area contributed by atoms with Crippen molar-refractivity contribution in [2.45, 2.75) is 42.7 Å². The van der Waals surface area contributed by atoms with Crippen LogP contribution in [0.1, 0.15) is 25.7 Å². The zero-order valence-corrected chi connectivity index (χ0v) is 11.3. The third kappa shape index (κ3) is 3.20. The molecule has 0 amide bonds. The summed E-state index contributed by atoms with van der Waals surface area (Å²) in [5, 5.41) is 9.68. The highest BCUT2D eigenvalue weighted by atomic mass is 35.5. The Labute approximate surface area is 111 Å². The van der Waals surface area contributed by atoms with E-state index in [9.17, 15) is 13.5 Å². The molecule has 2 rings (SSSR count). The van der Waals surface area contributed by atoms with Gasteiger partial charge in [-0.3, -0.25) is 4.98 Å². The van der Waals surface area contributed by atoms with Crippen LogP contribution in [0.3, 0.4) is 0 Å². The summed E-state index contributed by atoms with van der Waals surface area (Å²) in [4.78, 5) is 3.75. The van der Waals surface area contributed by atoms with Crippen LogP contribution in [-0.2, 0) is 10.0 Å². The highest BCUT2D eigenvalue weighted by molar-refractivity contribution is 7.89. The van der Waals surface area contributed by atoms with Crippen LogP contribution in [0.15, 0.2) is 23.4 Å². The van der Waals surface area contributed by atoms with Crippen molar-refractivity contribution in [1.29, 1.82) is 0 Å². The van der Waals surface area contributed by atoms with Gasteiger partial charge < -0.3 is 5.11 Å². The molecule has 0 radical (unpaired) electrons. The van der Waals surface area contributed by atoms with Gasteiger partial charge in [0.25, 0.3) is 0 Å². The molecule has 1 aromatic rings. The first-order valence-electron chi connectivity index (χ1n) is 5.79. The van der Waals surface area contributed by atoms with Crippen molar-refractivity contribution in [1.82, 2.24) is 9.71 Å². The van der Waals surface area contributed by atoms with Crippen molar-refractivity contribution in [2.24, 2.45) is 0 Å². The molecule has 1 aliphatic rings. The number of aliphatic hydroxyl groups excluding tert-OH is 1. The lowest BCUT2D eigenvalue weighted by molar-refractivity contribution is 0.117. The molecule has 5 nitrogen and oxygen atoms in total. The number of nitrogens with one attached hydrogen (secondary N) is 1. The van der Waals surface area contributed by atoms with Gasteiger partial charge in [-0.25, -0.2) is 13.1 Å². The Morgan fingerprint density at radius 1 is 1.44 bits per heavy atom. The monoisotopic (exact) mass is 290 g/mol. The van der Waals surface area contributed by atoms with Crippen LogP contribution in [0.4, 0.5) is 0 Å². The van der Waals surface area contributed by atoms with E-state index >= 15 is 0 Å². The third-order valence-electron chi connectivity index (χ3n) is 2.99. The summed E-state index contributed by atoms with van der Waals surface area (Å²) in [6, 6.07) is 1.20. The van der Waals surface area contributed by atoms with Gasteiger partial charge in [-0.15, -0.1) is 0 Å². The smallest absolute Gasteiger partial charge is 0.243 e. The zero-order chi connectivity index (χ0) is 13.2. The molecule has 2 atom stereocenters. The second-order valence-corrected chi connectivity index (χ2v) is 6.53. The lowest BCUT2D eigenvalue weighted by Crippen LogP contribution is -2.39. The normalized spacial score (nSPS) is 25.0. The van der Waals surface area contributed by atoms with E-state index in [1.165, 1.54) is 18.5 Å². The Balaban J connectivity index is 2.15. The number of sulfonamides is 1. The number of aromatic nitrogens is 1. The Morgan fingerprint density at radius 3 is 2.89 bits per heavy atom. The second kappa shape index (κ2) is 5.52. The molecular formula is C11H15ClN2O3S. The van der Waals surface area contributed by atoms with Crippen LogP contribution in [0.5, 0.6) is 0 Å². The molecule has 2 unspecified atom stereocenters. The molecule has 0 aromatic carbocycles. The average molecular weight is 291 g/mol. The van der Waals surface area contributed by atoms with E-state index in [0.29, 0.717) is 6.42 Å². The van der Waals surface area contributed by atoms with Gasteiger partial charge in [0.1, 0.15) is 4.90 Å². The lowest BCUT2D eigenvalue weighted by Gasteiger charge is -2.26. The fraction of sp³-hybridized carbons (Fsp3) is 0.545. The van der Waals surface area contributed by atoms with Crippen molar-refractivity contribution in [3.8, 4) is 0 Å². The Bertz CT molecular complexity index is 521.